The van der Waals surface area contributed by atoms with Crippen LogP contribution in [-0.2, 0) is 9.53 Å². The van der Waals surface area contributed by atoms with Crippen LogP contribution < -0.4 is 9.80 Å². The highest BCUT2D eigenvalue weighted by Crippen LogP contribution is 2.54. The molecule has 1 aromatic rings. The number of hydrogen-bond acceptors (Lipinski definition) is 3. The van der Waals surface area contributed by atoms with E-state index in [9.17, 15) is 9.18 Å². The van der Waals surface area contributed by atoms with Crippen molar-refractivity contribution < 1.29 is 18.8 Å². The first-order valence-electron chi connectivity index (χ1n) is 11.7. The van der Waals surface area contributed by atoms with Gasteiger partial charge in [0.25, 0.3) is 0 Å². The predicted octanol–water partition coefficient (Wildman–Crippen LogP) is 2.99. The van der Waals surface area contributed by atoms with E-state index in [1.165, 1.54) is 30.2 Å². The van der Waals surface area contributed by atoms with Gasteiger partial charge in [0.1, 0.15) is 17.8 Å². The van der Waals surface area contributed by atoms with Crippen molar-refractivity contribution in [3.63, 3.8) is 0 Å². The van der Waals surface area contributed by atoms with E-state index in [1.807, 2.05) is 12.1 Å². The van der Waals surface area contributed by atoms with Gasteiger partial charge in [0.15, 0.2) is 0 Å². The van der Waals surface area contributed by atoms with Gasteiger partial charge in [0.05, 0.1) is 38.4 Å². The van der Waals surface area contributed by atoms with Gasteiger partial charge in [-0.05, 0) is 56.6 Å². The molecule has 0 radical (unpaired) electrons. The number of carbonyl (C=O) groups is 1. The highest BCUT2D eigenvalue weighted by Gasteiger charge is 2.54. The van der Waals surface area contributed by atoms with Crippen molar-refractivity contribution in [1.29, 1.82) is 0 Å². The third kappa shape index (κ3) is 3.45. The van der Waals surface area contributed by atoms with E-state index in [0.29, 0.717) is 11.6 Å². The predicted molar refractivity (Wildman–Crippen MR) is 115 cm³/mol. The number of hydrogen-bond donors (Lipinski definition) is 1. The maximum absolute atomic E-state index is 14.1. The van der Waals surface area contributed by atoms with Crippen molar-refractivity contribution in [2.75, 3.05) is 37.6 Å². The van der Waals surface area contributed by atoms with Crippen LogP contribution in [0.3, 0.4) is 0 Å². The molecule has 4 aliphatic rings. The lowest BCUT2D eigenvalue weighted by Gasteiger charge is -2.45. The summed E-state index contributed by atoms with van der Waals surface area (Å²) < 4.78 is 20.1. The second-order valence-corrected chi connectivity index (χ2v) is 10.2. The Morgan fingerprint density at radius 2 is 2.03 bits per heavy atom. The van der Waals surface area contributed by atoms with E-state index >= 15 is 0 Å². The average molecular weight is 414 g/mol. The Hall–Kier alpha value is -1.88. The molecule has 162 valence electrons. The van der Waals surface area contributed by atoms with Gasteiger partial charge < -0.3 is 14.5 Å². The van der Waals surface area contributed by atoms with Crippen LogP contribution in [0.1, 0.15) is 46.0 Å². The van der Waals surface area contributed by atoms with Crippen molar-refractivity contribution in [2.24, 2.45) is 17.3 Å². The molecule has 1 aromatic carbocycles. The highest BCUT2D eigenvalue weighted by molar-refractivity contribution is 5.75. The van der Waals surface area contributed by atoms with Crippen molar-refractivity contribution in [3.8, 4) is 0 Å². The molecule has 5 heteroatoms. The van der Waals surface area contributed by atoms with Gasteiger partial charge in [-0.2, -0.15) is 0 Å². The Bertz CT molecular complexity index is 860. The smallest absolute Gasteiger partial charge is 0.315 e. The molecule has 0 spiro atoms. The molecule has 1 N–H and O–H groups in total. The number of anilines is 1. The molecule has 0 unspecified atom stereocenters. The number of piperazine rings is 1. The molecule has 30 heavy (non-hydrogen) atoms. The van der Waals surface area contributed by atoms with E-state index in [2.05, 4.69) is 18.7 Å². The van der Waals surface area contributed by atoms with Gasteiger partial charge in [0, 0.05) is 5.92 Å². The fourth-order valence-corrected chi connectivity index (χ4v) is 6.63. The number of esters is 1. The lowest BCUT2D eigenvalue weighted by molar-refractivity contribution is -0.903. The second-order valence-electron chi connectivity index (χ2n) is 10.2. The quantitative estimate of drug-likeness (QED) is 0.611. The molecule has 5 rings (SSSR count). The zero-order valence-corrected chi connectivity index (χ0v) is 18.3. The third-order valence-corrected chi connectivity index (χ3v) is 8.35. The lowest BCUT2D eigenvalue weighted by Crippen LogP contribution is -3.15. The van der Waals surface area contributed by atoms with E-state index in [4.69, 9.17) is 4.74 Å². The zero-order valence-electron chi connectivity index (χ0n) is 18.3. The van der Waals surface area contributed by atoms with Gasteiger partial charge in [-0.15, -0.1) is 0 Å². The van der Waals surface area contributed by atoms with Crippen LogP contribution in [0.4, 0.5) is 10.1 Å². The summed E-state index contributed by atoms with van der Waals surface area (Å²) >= 11 is 0. The molecule has 2 aliphatic heterocycles. The number of nitrogens with one attached hydrogen (secondary N) is 1. The summed E-state index contributed by atoms with van der Waals surface area (Å²) in [7, 11) is 0. The normalized spacial score (nSPS) is 34.6. The van der Waals surface area contributed by atoms with Gasteiger partial charge in [-0.3, -0.25) is 4.79 Å². The van der Waals surface area contributed by atoms with E-state index in [1.54, 1.807) is 17.2 Å². The van der Waals surface area contributed by atoms with E-state index < -0.39 is 0 Å². The number of halogens is 1. The van der Waals surface area contributed by atoms with Crippen LogP contribution >= 0.6 is 0 Å². The Kier molecular flexibility index (Phi) is 5.12. The fourth-order valence-electron chi connectivity index (χ4n) is 6.63. The van der Waals surface area contributed by atoms with Gasteiger partial charge in [-0.1, -0.05) is 30.2 Å². The number of benzene rings is 1. The Labute approximate surface area is 179 Å². The molecular formula is C25H34FN2O2+. The van der Waals surface area contributed by atoms with Crippen molar-refractivity contribution in [3.05, 3.63) is 41.2 Å². The van der Waals surface area contributed by atoms with Gasteiger partial charge >= 0.3 is 5.97 Å². The Morgan fingerprint density at radius 3 is 2.80 bits per heavy atom. The topological polar surface area (TPSA) is 34.0 Å². The number of allylic oxidation sites excluding steroid dienone is 2. The molecule has 2 saturated heterocycles. The molecule has 0 amide bonds. The number of para-hydroxylation sites is 1. The molecule has 0 bridgehead atoms. The third-order valence-electron chi connectivity index (χ3n) is 8.35. The van der Waals surface area contributed by atoms with Crippen LogP contribution in [0, 0.1) is 23.1 Å². The first-order chi connectivity index (χ1) is 14.4. The molecule has 4 atom stereocenters. The first kappa shape index (κ1) is 20.0. The van der Waals surface area contributed by atoms with Crippen molar-refractivity contribution in [2.45, 2.75) is 52.1 Å². The average Bonchev–Trinajstić information content (AvgIpc) is 3.01. The summed E-state index contributed by atoms with van der Waals surface area (Å²) in [5.41, 5.74) is 4.11. The van der Waals surface area contributed by atoms with Crippen LogP contribution in [-0.4, -0.2) is 44.8 Å². The monoisotopic (exact) mass is 413 g/mol. The molecule has 2 aliphatic carbocycles. The number of rotatable bonds is 3. The summed E-state index contributed by atoms with van der Waals surface area (Å²) in [6, 6.07) is 7.02. The summed E-state index contributed by atoms with van der Waals surface area (Å²) in [6.07, 6.45) is 5.85. The first-order valence-corrected chi connectivity index (χ1v) is 11.7. The van der Waals surface area contributed by atoms with E-state index in [0.717, 1.165) is 45.6 Å². The summed E-state index contributed by atoms with van der Waals surface area (Å²) in [4.78, 5) is 16.4. The minimum Gasteiger partial charge on any atom is -0.462 e. The summed E-state index contributed by atoms with van der Waals surface area (Å²) in [5, 5.41) is 0. The standard InChI is InChI=1S/C25H33FN2O2/c1-17-6-5-9-25(2)15-23-18(14-20(17)25)19(24(29)30-23)16-27-10-12-28(13-11-27)22-8-4-3-7-21(22)26/h3-4,7-8,18-19,23H,5-6,9-16H2,1-2H3/p+1/t18-,19-,23-,25-/m1/s1. The summed E-state index contributed by atoms with van der Waals surface area (Å²) in [6.45, 7) is 9.07. The maximum atomic E-state index is 14.1. The van der Waals surface area contributed by atoms with Gasteiger partial charge in [0.2, 0.25) is 0 Å². The maximum Gasteiger partial charge on any atom is 0.315 e. The zero-order chi connectivity index (χ0) is 20.9. The Balaban J connectivity index is 1.25. The number of ether oxygens (including phenoxy) is 1. The number of fused-ring (bicyclic) bond motifs is 2. The van der Waals surface area contributed by atoms with Crippen LogP contribution in [0.15, 0.2) is 35.4 Å². The number of carbonyl (C=O) groups excluding carboxylic acids is 1. The molecule has 4 nitrogen and oxygen atoms in total. The summed E-state index contributed by atoms with van der Waals surface area (Å²) in [5.74, 6) is 0.224. The largest absolute Gasteiger partial charge is 0.462 e. The Morgan fingerprint density at radius 1 is 1.27 bits per heavy atom. The lowest BCUT2D eigenvalue weighted by atomic mass is 9.59. The minimum atomic E-state index is -0.149. The van der Waals surface area contributed by atoms with Gasteiger partial charge in [-0.25, -0.2) is 4.39 Å². The molecular weight excluding hydrogens is 379 g/mol. The molecule has 1 saturated carbocycles. The fraction of sp³-hybridized carbons (Fsp3) is 0.640. The van der Waals surface area contributed by atoms with Crippen LogP contribution in [0.2, 0.25) is 0 Å². The second kappa shape index (κ2) is 7.67. The molecule has 3 fully saturated rings. The van der Waals surface area contributed by atoms with E-state index in [-0.39, 0.29) is 29.2 Å². The van der Waals surface area contributed by atoms with Crippen molar-refractivity contribution in [1.82, 2.24) is 0 Å². The molecule has 2 heterocycles. The van der Waals surface area contributed by atoms with Crippen LogP contribution in [0.5, 0.6) is 0 Å². The highest BCUT2D eigenvalue weighted by atomic mass is 19.1. The SMILES string of the molecule is CC1=C2C[C@H]3[C@@H](C[C@@]2(C)CCC1)OC(=O)[C@@H]3C[NH+]1CCN(c2ccccc2F)CC1. The number of quaternary nitrogens is 1. The van der Waals surface area contributed by atoms with Crippen LogP contribution in [0.25, 0.3) is 0 Å². The molecule has 0 aromatic heterocycles. The number of nitrogens with zero attached hydrogens (tertiary/aromatic N) is 1. The minimum absolute atomic E-state index is 0.0109. The van der Waals surface area contributed by atoms with Crippen molar-refractivity contribution >= 4 is 11.7 Å².